The predicted octanol–water partition coefficient (Wildman–Crippen LogP) is 7.36. The number of carbonyl (C=O) groups excluding carboxylic acids is 2. The Balaban J connectivity index is 0.940. The van der Waals surface area contributed by atoms with Crippen LogP contribution in [0.4, 0.5) is 0 Å². The van der Waals surface area contributed by atoms with Crippen molar-refractivity contribution in [2.24, 2.45) is 9.98 Å². The Kier molecular flexibility index (Phi) is 12.7. The van der Waals surface area contributed by atoms with Gasteiger partial charge in [-0.3, -0.25) is 9.98 Å². The lowest BCUT2D eigenvalue weighted by atomic mass is 9.74. The molecule has 14 nitrogen and oxygen atoms in total. The van der Waals surface area contributed by atoms with Crippen LogP contribution in [0.2, 0.25) is 0 Å². The molecule has 4 aromatic rings. The summed E-state index contributed by atoms with van der Waals surface area (Å²) in [5, 5.41) is 0. The summed E-state index contributed by atoms with van der Waals surface area (Å²) in [6, 6.07) is 15.4. The SMILES string of the molecule is CCOc1cc2c(cc1OC)C(c1ccc(OC)nc1)=N[C@@H]1CC[C@@H](OC(=O)/C=C/C(=O)O[C@@H]3CC[C@H]4N=C(c5ccc(OC)nc5)c5cc(OC)c(OCC)cc5[C@H]4C3)C[C@H]21. The Morgan fingerprint density at radius 2 is 1.02 bits per heavy atom. The normalized spacial score (nSPS) is 22.4. The number of rotatable bonds is 14. The van der Waals surface area contributed by atoms with E-state index in [-0.39, 0.29) is 36.1 Å². The van der Waals surface area contributed by atoms with Gasteiger partial charge in [-0.15, -0.1) is 0 Å². The van der Waals surface area contributed by atoms with Gasteiger partial charge in [-0.2, -0.15) is 0 Å². The molecular formula is C48H52N4O10. The molecule has 4 aliphatic rings. The molecule has 2 aliphatic heterocycles. The van der Waals surface area contributed by atoms with Gasteiger partial charge < -0.3 is 37.9 Å². The van der Waals surface area contributed by atoms with Crippen LogP contribution >= 0.6 is 0 Å². The van der Waals surface area contributed by atoms with Crippen molar-refractivity contribution in [1.29, 1.82) is 0 Å². The van der Waals surface area contributed by atoms with E-state index < -0.39 is 11.9 Å². The maximum Gasteiger partial charge on any atom is 0.331 e. The summed E-state index contributed by atoms with van der Waals surface area (Å²) < 4.78 is 45.9. The third kappa shape index (κ3) is 8.68. The number of aliphatic imine (C=N–C) groups is 2. The second kappa shape index (κ2) is 18.7. The average molecular weight is 845 g/mol. The van der Waals surface area contributed by atoms with Crippen molar-refractivity contribution in [2.45, 2.75) is 88.5 Å². The lowest BCUT2D eigenvalue weighted by molar-refractivity contribution is -0.147. The van der Waals surface area contributed by atoms with Crippen molar-refractivity contribution in [3.05, 3.63) is 106 Å². The number of aromatic nitrogens is 2. The second-order valence-electron chi connectivity index (χ2n) is 15.6. The molecule has 8 rings (SSSR count). The van der Waals surface area contributed by atoms with Crippen LogP contribution < -0.4 is 28.4 Å². The zero-order chi connectivity index (χ0) is 43.3. The number of pyridine rings is 2. The fraction of sp³-hybridized carbons (Fsp3) is 0.417. The molecule has 0 bridgehead atoms. The van der Waals surface area contributed by atoms with Crippen LogP contribution in [0.15, 0.2) is 83.1 Å². The summed E-state index contributed by atoms with van der Waals surface area (Å²) in [6.45, 7) is 4.81. The minimum atomic E-state index is -0.600. The first-order valence-corrected chi connectivity index (χ1v) is 21.2. The van der Waals surface area contributed by atoms with Gasteiger partial charge in [0.15, 0.2) is 23.0 Å². The zero-order valence-corrected chi connectivity index (χ0v) is 35.9. The number of hydrogen-bond acceptors (Lipinski definition) is 14. The Morgan fingerprint density at radius 1 is 0.581 bits per heavy atom. The fourth-order valence-electron chi connectivity index (χ4n) is 9.21. The van der Waals surface area contributed by atoms with Crippen LogP contribution in [-0.4, -0.2) is 99.3 Å². The van der Waals surface area contributed by atoms with Gasteiger partial charge in [0.2, 0.25) is 11.8 Å². The van der Waals surface area contributed by atoms with E-state index in [0.717, 1.165) is 57.0 Å². The van der Waals surface area contributed by atoms with E-state index in [1.165, 1.54) is 0 Å². The molecule has 324 valence electrons. The van der Waals surface area contributed by atoms with Crippen LogP contribution in [0.3, 0.4) is 0 Å². The molecule has 2 aliphatic carbocycles. The number of hydrogen-bond donors (Lipinski definition) is 0. The zero-order valence-electron chi connectivity index (χ0n) is 35.9. The molecule has 2 saturated carbocycles. The van der Waals surface area contributed by atoms with Gasteiger partial charge in [0.05, 0.1) is 65.2 Å². The highest BCUT2D eigenvalue weighted by molar-refractivity contribution is 6.15. The molecule has 4 heterocycles. The molecule has 0 amide bonds. The molecule has 2 fully saturated rings. The van der Waals surface area contributed by atoms with E-state index in [1.54, 1.807) is 40.8 Å². The summed E-state index contributed by atoms with van der Waals surface area (Å²) in [4.78, 5) is 45.8. The molecular weight excluding hydrogens is 793 g/mol. The molecule has 0 unspecified atom stereocenters. The van der Waals surface area contributed by atoms with Gasteiger partial charge >= 0.3 is 11.9 Å². The maximum atomic E-state index is 13.2. The average Bonchev–Trinajstić information content (AvgIpc) is 3.30. The highest BCUT2D eigenvalue weighted by atomic mass is 16.6. The lowest BCUT2D eigenvalue weighted by Gasteiger charge is -2.38. The Labute approximate surface area is 361 Å². The molecule has 2 aromatic carbocycles. The van der Waals surface area contributed by atoms with Gasteiger partial charge in [-0.05, 0) is 99.9 Å². The van der Waals surface area contributed by atoms with E-state index >= 15 is 0 Å². The number of esters is 2. The standard InChI is InChI=1S/C48H52N4O10/c1-7-59-41-21-31-33-19-29(11-13-37(33)51-47(35(31)23-39(41)55-3)27-9-15-43(57-5)49-25-27)61-45(53)17-18-46(54)62-30-12-14-38-34(20-30)32-22-42(60-8-2)40(56-4)24-36(32)48(52-38)28-10-16-44(58-6)50-26-28/h9-10,15-18,21-26,29-30,33-34,37-38H,7-8,11-14,19-20H2,1-6H3/b18-17+/t29-,30-,33-,34-,37-,38-/m1/s1. The van der Waals surface area contributed by atoms with Crippen molar-refractivity contribution < 1.29 is 47.5 Å². The van der Waals surface area contributed by atoms with E-state index in [2.05, 4.69) is 9.97 Å². The molecule has 2 aromatic heterocycles. The third-order valence-corrected chi connectivity index (χ3v) is 12.1. The Bertz CT molecular complexity index is 2210. The van der Waals surface area contributed by atoms with Gasteiger partial charge in [-0.25, -0.2) is 19.6 Å². The molecule has 0 spiro atoms. The van der Waals surface area contributed by atoms with E-state index in [4.69, 9.17) is 47.9 Å². The number of benzene rings is 2. The summed E-state index contributed by atoms with van der Waals surface area (Å²) >= 11 is 0. The van der Waals surface area contributed by atoms with E-state index in [0.29, 0.717) is 86.5 Å². The number of methoxy groups -OCH3 is 4. The predicted molar refractivity (Wildman–Crippen MR) is 231 cm³/mol. The summed E-state index contributed by atoms with van der Waals surface area (Å²) in [5.41, 5.74) is 7.27. The number of carbonyl (C=O) groups is 2. The first kappa shape index (κ1) is 42.3. The Hall–Kier alpha value is -6.44. The lowest BCUT2D eigenvalue weighted by Crippen LogP contribution is -2.36. The maximum absolute atomic E-state index is 13.2. The van der Waals surface area contributed by atoms with Crippen molar-refractivity contribution in [1.82, 2.24) is 9.97 Å². The fourth-order valence-corrected chi connectivity index (χ4v) is 9.21. The molecule has 6 atom stereocenters. The Morgan fingerprint density at radius 3 is 1.37 bits per heavy atom. The summed E-state index contributed by atoms with van der Waals surface area (Å²) in [6.07, 6.45) is 8.84. The molecule has 62 heavy (non-hydrogen) atoms. The second-order valence-corrected chi connectivity index (χ2v) is 15.6. The van der Waals surface area contributed by atoms with Crippen LogP contribution in [-0.2, 0) is 19.1 Å². The van der Waals surface area contributed by atoms with Crippen LogP contribution in [0.25, 0.3) is 0 Å². The monoisotopic (exact) mass is 844 g/mol. The minimum absolute atomic E-state index is 0.0374. The molecule has 0 radical (unpaired) electrons. The van der Waals surface area contributed by atoms with Crippen molar-refractivity contribution >= 4 is 23.4 Å². The smallest absolute Gasteiger partial charge is 0.331 e. The van der Waals surface area contributed by atoms with Crippen molar-refractivity contribution in [2.75, 3.05) is 41.7 Å². The highest BCUT2D eigenvalue weighted by Crippen LogP contribution is 2.47. The van der Waals surface area contributed by atoms with Gasteiger partial charge in [0.1, 0.15) is 12.2 Å². The van der Waals surface area contributed by atoms with E-state index in [1.807, 2.05) is 62.4 Å². The van der Waals surface area contributed by atoms with Crippen LogP contribution in [0.1, 0.15) is 97.6 Å². The van der Waals surface area contributed by atoms with Crippen molar-refractivity contribution in [3.63, 3.8) is 0 Å². The number of nitrogens with zero attached hydrogens (tertiary/aromatic N) is 4. The van der Waals surface area contributed by atoms with Crippen LogP contribution in [0, 0.1) is 0 Å². The number of ether oxygens (including phenoxy) is 8. The third-order valence-electron chi connectivity index (χ3n) is 12.1. The molecule has 0 saturated heterocycles. The van der Waals surface area contributed by atoms with Gasteiger partial charge in [0.25, 0.3) is 0 Å². The summed E-state index contributed by atoms with van der Waals surface area (Å²) in [5.74, 6) is 2.25. The van der Waals surface area contributed by atoms with Crippen molar-refractivity contribution in [3.8, 4) is 34.8 Å². The summed E-state index contributed by atoms with van der Waals surface area (Å²) in [7, 11) is 6.40. The first-order chi connectivity index (χ1) is 30.2. The van der Waals surface area contributed by atoms with E-state index in [9.17, 15) is 9.59 Å². The minimum Gasteiger partial charge on any atom is -0.493 e. The first-order valence-electron chi connectivity index (χ1n) is 21.2. The topological polar surface area (TPSA) is 158 Å². The van der Waals surface area contributed by atoms with Gasteiger partial charge in [-0.1, -0.05) is 0 Å². The number of fused-ring (bicyclic) bond motifs is 6. The van der Waals surface area contributed by atoms with Crippen LogP contribution in [0.5, 0.6) is 34.8 Å². The largest absolute Gasteiger partial charge is 0.493 e. The highest BCUT2D eigenvalue weighted by Gasteiger charge is 2.41. The molecule has 14 heteroatoms. The molecule has 0 N–H and O–H groups in total. The quantitative estimate of drug-likeness (QED) is 0.0919. The van der Waals surface area contributed by atoms with Gasteiger partial charge in [0, 0.05) is 70.8 Å².